The second kappa shape index (κ2) is 6.04. The topological polar surface area (TPSA) is 24.5 Å². The minimum Gasteiger partial charge on any atom is -0.495 e. The van der Waals surface area contributed by atoms with Crippen LogP contribution in [0.4, 0.5) is 5.69 Å². The Morgan fingerprint density at radius 3 is 2.65 bits per heavy atom. The van der Waals surface area contributed by atoms with Gasteiger partial charge in [0.1, 0.15) is 5.75 Å². The second-order valence-electron chi connectivity index (χ2n) is 7.02. The van der Waals surface area contributed by atoms with E-state index in [0.717, 1.165) is 18.0 Å². The van der Waals surface area contributed by atoms with Gasteiger partial charge in [0, 0.05) is 12.6 Å². The molecule has 112 valence electrons. The maximum Gasteiger partial charge on any atom is 0.141 e. The summed E-state index contributed by atoms with van der Waals surface area (Å²) in [6.07, 6.45) is 3.77. The van der Waals surface area contributed by atoms with Crippen LogP contribution in [0.2, 0.25) is 0 Å². The minimum atomic E-state index is 0.464. The van der Waals surface area contributed by atoms with Crippen molar-refractivity contribution in [3.05, 3.63) is 23.8 Å². The largest absolute Gasteiger partial charge is 0.495 e. The molecule has 1 aromatic rings. The maximum atomic E-state index is 5.49. The molecule has 1 unspecified atom stereocenters. The summed E-state index contributed by atoms with van der Waals surface area (Å²) >= 11 is 0. The number of hydrogen-bond donors (Lipinski definition) is 1. The lowest BCUT2D eigenvalue weighted by Crippen LogP contribution is -2.18. The highest BCUT2D eigenvalue weighted by molar-refractivity contribution is 5.58. The highest BCUT2D eigenvalue weighted by atomic mass is 16.5. The molecule has 1 fully saturated rings. The standard InChI is InChI=1S/C17H28N2O/c1-17(2)9-8-14(11-17)18-15-10-13(12-19(3)4)6-7-16(15)20-5/h6-7,10,14,18H,8-9,11-12H2,1-5H3. The van der Waals surface area contributed by atoms with Gasteiger partial charge in [-0.25, -0.2) is 0 Å². The Kier molecular flexibility index (Phi) is 4.59. The number of nitrogens with one attached hydrogen (secondary N) is 1. The van der Waals surface area contributed by atoms with Crippen LogP contribution >= 0.6 is 0 Å². The van der Waals surface area contributed by atoms with Crippen molar-refractivity contribution in [1.29, 1.82) is 0 Å². The summed E-state index contributed by atoms with van der Waals surface area (Å²) in [5, 5.41) is 3.69. The van der Waals surface area contributed by atoms with Crippen LogP contribution in [0.15, 0.2) is 18.2 Å². The van der Waals surface area contributed by atoms with Crippen LogP contribution in [0.3, 0.4) is 0 Å². The average molecular weight is 276 g/mol. The zero-order valence-corrected chi connectivity index (χ0v) is 13.5. The van der Waals surface area contributed by atoms with E-state index in [1.807, 2.05) is 0 Å². The van der Waals surface area contributed by atoms with Gasteiger partial charge in [-0.1, -0.05) is 19.9 Å². The number of rotatable bonds is 5. The van der Waals surface area contributed by atoms with Crippen LogP contribution in [0.1, 0.15) is 38.7 Å². The zero-order valence-electron chi connectivity index (χ0n) is 13.5. The van der Waals surface area contributed by atoms with E-state index in [-0.39, 0.29) is 0 Å². The summed E-state index contributed by atoms with van der Waals surface area (Å²) in [5.74, 6) is 0.942. The van der Waals surface area contributed by atoms with Gasteiger partial charge in [0.25, 0.3) is 0 Å². The third-order valence-electron chi connectivity index (χ3n) is 4.09. The molecule has 2 rings (SSSR count). The lowest BCUT2D eigenvalue weighted by atomic mass is 9.92. The molecule has 0 amide bonds. The third-order valence-corrected chi connectivity index (χ3v) is 4.09. The van der Waals surface area contributed by atoms with Crippen molar-refractivity contribution >= 4 is 5.69 Å². The summed E-state index contributed by atoms with van der Waals surface area (Å²) < 4.78 is 5.49. The second-order valence-corrected chi connectivity index (χ2v) is 7.02. The van der Waals surface area contributed by atoms with Crippen LogP contribution in [-0.4, -0.2) is 32.1 Å². The molecule has 1 N–H and O–H groups in total. The number of benzene rings is 1. The fourth-order valence-corrected chi connectivity index (χ4v) is 3.11. The van der Waals surface area contributed by atoms with E-state index < -0.39 is 0 Å². The zero-order chi connectivity index (χ0) is 14.8. The van der Waals surface area contributed by atoms with E-state index in [1.165, 1.54) is 24.8 Å². The van der Waals surface area contributed by atoms with Gasteiger partial charge >= 0.3 is 0 Å². The average Bonchev–Trinajstić information content (AvgIpc) is 2.68. The van der Waals surface area contributed by atoms with Crippen LogP contribution in [0, 0.1) is 5.41 Å². The molecule has 0 saturated heterocycles. The monoisotopic (exact) mass is 276 g/mol. The van der Waals surface area contributed by atoms with Gasteiger partial charge < -0.3 is 15.0 Å². The van der Waals surface area contributed by atoms with Crippen molar-refractivity contribution in [3.8, 4) is 5.75 Å². The smallest absolute Gasteiger partial charge is 0.141 e. The molecule has 3 heteroatoms. The predicted octanol–water partition coefficient (Wildman–Crippen LogP) is 3.75. The van der Waals surface area contributed by atoms with Crippen molar-refractivity contribution < 1.29 is 4.74 Å². The molecule has 1 aliphatic carbocycles. The van der Waals surface area contributed by atoms with E-state index in [0.29, 0.717) is 11.5 Å². The lowest BCUT2D eigenvalue weighted by molar-refractivity contribution is 0.378. The van der Waals surface area contributed by atoms with Gasteiger partial charge in [0.15, 0.2) is 0 Å². The Morgan fingerprint density at radius 1 is 1.35 bits per heavy atom. The Labute approximate surface area is 123 Å². The number of nitrogens with zero attached hydrogens (tertiary/aromatic N) is 1. The van der Waals surface area contributed by atoms with Crippen molar-refractivity contribution in [2.75, 3.05) is 26.5 Å². The van der Waals surface area contributed by atoms with Gasteiger partial charge in [-0.15, -0.1) is 0 Å². The van der Waals surface area contributed by atoms with Crippen molar-refractivity contribution in [2.45, 2.75) is 45.7 Å². The minimum absolute atomic E-state index is 0.464. The van der Waals surface area contributed by atoms with Crippen LogP contribution in [0.5, 0.6) is 5.75 Å². The first-order chi connectivity index (χ1) is 9.39. The molecule has 1 aliphatic rings. The van der Waals surface area contributed by atoms with Crippen LogP contribution in [0.25, 0.3) is 0 Å². The summed E-state index contributed by atoms with van der Waals surface area (Å²) in [4.78, 5) is 2.18. The van der Waals surface area contributed by atoms with E-state index >= 15 is 0 Å². The molecule has 1 saturated carbocycles. The van der Waals surface area contributed by atoms with Gasteiger partial charge in [-0.2, -0.15) is 0 Å². The maximum absolute atomic E-state index is 5.49. The highest BCUT2D eigenvalue weighted by Gasteiger charge is 2.31. The molecule has 0 aliphatic heterocycles. The molecule has 20 heavy (non-hydrogen) atoms. The first-order valence-corrected chi connectivity index (χ1v) is 7.48. The fourth-order valence-electron chi connectivity index (χ4n) is 3.11. The van der Waals surface area contributed by atoms with E-state index in [9.17, 15) is 0 Å². The van der Waals surface area contributed by atoms with E-state index in [2.05, 4.69) is 56.4 Å². The molecule has 3 nitrogen and oxygen atoms in total. The number of methoxy groups -OCH3 is 1. The first-order valence-electron chi connectivity index (χ1n) is 7.48. The van der Waals surface area contributed by atoms with E-state index in [4.69, 9.17) is 4.74 Å². The Bertz CT molecular complexity index is 454. The fraction of sp³-hybridized carbons (Fsp3) is 0.647. The normalized spacial score (nSPS) is 21.2. The molecule has 0 heterocycles. The lowest BCUT2D eigenvalue weighted by Gasteiger charge is -2.21. The van der Waals surface area contributed by atoms with Crippen LogP contribution in [-0.2, 0) is 6.54 Å². The molecule has 1 atom stereocenters. The predicted molar refractivity (Wildman–Crippen MR) is 85.4 cm³/mol. The third kappa shape index (κ3) is 3.89. The quantitative estimate of drug-likeness (QED) is 0.886. The van der Waals surface area contributed by atoms with Crippen molar-refractivity contribution in [2.24, 2.45) is 5.41 Å². The van der Waals surface area contributed by atoms with E-state index in [1.54, 1.807) is 7.11 Å². The van der Waals surface area contributed by atoms with Crippen LogP contribution < -0.4 is 10.1 Å². The molecule has 0 aromatic heterocycles. The Balaban J connectivity index is 2.12. The summed E-state index contributed by atoms with van der Waals surface area (Å²) in [6, 6.07) is 7.00. The summed E-state index contributed by atoms with van der Waals surface area (Å²) in [7, 11) is 5.93. The first kappa shape index (κ1) is 15.2. The number of ether oxygens (including phenoxy) is 1. The highest BCUT2D eigenvalue weighted by Crippen LogP contribution is 2.39. The van der Waals surface area contributed by atoms with Gasteiger partial charge in [0.2, 0.25) is 0 Å². The molecule has 0 bridgehead atoms. The van der Waals surface area contributed by atoms with Crippen molar-refractivity contribution in [3.63, 3.8) is 0 Å². The van der Waals surface area contributed by atoms with Gasteiger partial charge in [-0.3, -0.25) is 0 Å². The number of anilines is 1. The van der Waals surface area contributed by atoms with Crippen molar-refractivity contribution in [1.82, 2.24) is 4.90 Å². The van der Waals surface area contributed by atoms with Gasteiger partial charge in [-0.05, 0) is 56.5 Å². The Morgan fingerprint density at radius 2 is 2.10 bits per heavy atom. The molecule has 1 aromatic carbocycles. The molecular weight excluding hydrogens is 248 g/mol. The van der Waals surface area contributed by atoms with Gasteiger partial charge in [0.05, 0.1) is 12.8 Å². The SMILES string of the molecule is COc1ccc(CN(C)C)cc1NC1CCC(C)(C)C1. The molecule has 0 spiro atoms. The summed E-state index contributed by atoms with van der Waals surface area (Å²) in [6.45, 7) is 5.66. The molecular formula is C17H28N2O. The molecule has 0 radical (unpaired) electrons. The Hall–Kier alpha value is -1.22. The summed E-state index contributed by atoms with van der Waals surface area (Å²) in [5.41, 5.74) is 2.91. The number of hydrogen-bond acceptors (Lipinski definition) is 3.